The molecule has 0 spiro atoms. The zero-order valence-corrected chi connectivity index (χ0v) is 8.22. The van der Waals surface area contributed by atoms with Gasteiger partial charge in [0.15, 0.2) is 0 Å². The number of hydrogen-bond donors (Lipinski definition) is 0. The van der Waals surface area contributed by atoms with Crippen molar-refractivity contribution < 1.29 is 0 Å². The van der Waals surface area contributed by atoms with Gasteiger partial charge < -0.3 is 0 Å². The molecule has 1 aliphatic rings. The Bertz CT molecular complexity index is 244. The molecule has 0 saturated heterocycles. The van der Waals surface area contributed by atoms with Gasteiger partial charge in [-0.2, -0.15) is 0 Å². The standard InChI is InChI=1S/C11H17N/c1-4-10-5-7-11(8-6-10)9(2)12-3/h5,7H,4,6,8H2,1-3H3. The smallest absolute Gasteiger partial charge is 0.0345 e. The van der Waals surface area contributed by atoms with Gasteiger partial charge in [-0.1, -0.05) is 24.6 Å². The van der Waals surface area contributed by atoms with E-state index in [1.807, 2.05) is 7.05 Å². The van der Waals surface area contributed by atoms with E-state index in [0.717, 1.165) is 0 Å². The van der Waals surface area contributed by atoms with Crippen LogP contribution in [0, 0.1) is 0 Å². The summed E-state index contributed by atoms with van der Waals surface area (Å²) < 4.78 is 0. The molecule has 1 aliphatic carbocycles. The van der Waals surface area contributed by atoms with Gasteiger partial charge in [0, 0.05) is 12.8 Å². The average molecular weight is 163 g/mol. The Hall–Kier alpha value is -0.850. The van der Waals surface area contributed by atoms with Crippen molar-refractivity contribution in [2.24, 2.45) is 4.99 Å². The molecule has 0 atom stereocenters. The summed E-state index contributed by atoms with van der Waals surface area (Å²) in [7, 11) is 1.86. The second-order valence-corrected chi connectivity index (χ2v) is 3.18. The normalized spacial score (nSPS) is 18.8. The van der Waals surface area contributed by atoms with Crippen LogP contribution < -0.4 is 0 Å². The van der Waals surface area contributed by atoms with Crippen LogP contribution in [0.1, 0.15) is 33.1 Å². The van der Waals surface area contributed by atoms with Crippen molar-refractivity contribution in [3.63, 3.8) is 0 Å². The summed E-state index contributed by atoms with van der Waals surface area (Å²) in [5, 5.41) is 0. The average Bonchev–Trinajstić information content (AvgIpc) is 2.17. The van der Waals surface area contributed by atoms with Crippen LogP contribution in [0.5, 0.6) is 0 Å². The van der Waals surface area contributed by atoms with Crippen LogP contribution >= 0.6 is 0 Å². The van der Waals surface area contributed by atoms with Crippen LogP contribution in [0.25, 0.3) is 0 Å². The molecule has 0 heterocycles. The van der Waals surface area contributed by atoms with Crippen molar-refractivity contribution in [1.82, 2.24) is 0 Å². The number of rotatable bonds is 2. The van der Waals surface area contributed by atoms with Crippen molar-refractivity contribution in [1.29, 1.82) is 0 Å². The number of hydrogen-bond acceptors (Lipinski definition) is 1. The zero-order chi connectivity index (χ0) is 8.97. The minimum absolute atomic E-state index is 1.17. The van der Waals surface area contributed by atoms with Crippen molar-refractivity contribution >= 4 is 5.71 Å². The van der Waals surface area contributed by atoms with Crippen molar-refractivity contribution in [3.8, 4) is 0 Å². The van der Waals surface area contributed by atoms with Gasteiger partial charge in [-0.05, 0) is 31.8 Å². The topological polar surface area (TPSA) is 12.4 Å². The molecular weight excluding hydrogens is 146 g/mol. The third-order valence-corrected chi connectivity index (χ3v) is 2.49. The van der Waals surface area contributed by atoms with E-state index in [2.05, 4.69) is 31.0 Å². The van der Waals surface area contributed by atoms with Gasteiger partial charge >= 0.3 is 0 Å². The van der Waals surface area contributed by atoms with E-state index < -0.39 is 0 Å². The molecule has 0 N–H and O–H groups in total. The summed E-state index contributed by atoms with van der Waals surface area (Å²) in [6, 6.07) is 0. The monoisotopic (exact) mass is 163 g/mol. The van der Waals surface area contributed by atoms with E-state index in [9.17, 15) is 0 Å². The number of aliphatic imine (C=N–C) groups is 1. The molecule has 0 aromatic carbocycles. The van der Waals surface area contributed by atoms with Gasteiger partial charge in [0.05, 0.1) is 0 Å². The molecular formula is C11H17N. The van der Waals surface area contributed by atoms with Crippen LogP contribution in [0.4, 0.5) is 0 Å². The van der Waals surface area contributed by atoms with Gasteiger partial charge in [-0.3, -0.25) is 4.99 Å². The molecule has 0 aromatic heterocycles. The summed E-state index contributed by atoms with van der Waals surface area (Å²) in [6.07, 6.45) is 8.03. The zero-order valence-electron chi connectivity index (χ0n) is 8.22. The molecule has 1 rings (SSSR count). The first kappa shape index (κ1) is 9.24. The van der Waals surface area contributed by atoms with E-state index in [4.69, 9.17) is 0 Å². The van der Waals surface area contributed by atoms with E-state index in [1.165, 1.54) is 30.5 Å². The first-order valence-corrected chi connectivity index (χ1v) is 4.60. The molecule has 0 radical (unpaired) electrons. The number of nitrogens with zero attached hydrogens (tertiary/aromatic N) is 1. The molecule has 0 bridgehead atoms. The van der Waals surface area contributed by atoms with Crippen LogP contribution in [0.2, 0.25) is 0 Å². The van der Waals surface area contributed by atoms with E-state index in [0.29, 0.717) is 0 Å². The number of allylic oxidation sites excluding steroid dienone is 4. The lowest BCUT2D eigenvalue weighted by molar-refractivity contribution is 0.878. The second-order valence-electron chi connectivity index (χ2n) is 3.18. The molecule has 0 fully saturated rings. The molecule has 0 aromatic rings. The largest absolute Gasteiger partial charge is 0.293 e. The van der Waals surface area contributed by atoms with E-state index >= 15 is 0 Å². The van der Waals surface area contributed by atoms with Gasteiger partial charge in [-0.25, -0.2) is 0 Å². The highest BCUT2D eigenvalue weighted by atomic mass is 14.7. The maximum absolute atomic E-state index is 4.18. The lowest BCUT2D eigenvalue weighted by Gasteiger charge is -2.12. The summed E-state index contributed by atoms with van der Waals surface area (Å²) in [6.45, 7) is 4.29. The first-order valence-electron chi connectivity index (χ1n) is 4.60. The van der Waals surface area contributed by atoms with Crippen LogP contribution in [0.3, 0.4) is 0 Å². The SMILES string of the molecule is CCC1=CC=C(C(C)=NC)CC1. The highest BCUT2D eigenvalue weighted by Gasteiger charge is 2.06. The highest BCUT2D eigenvalue weighted by molar-refractivity contribution is 5.98. The fourth-order valence-corrected chi connectivity index (χ4v) is 1.42. The van der Waals surface area contributed by atoms with Crippen LogP contribution in [0.15, 0.2) is 28.3 Å². The maximum atomic E-state index is 4.18. The lowest BCUT2D eigenvalue weighted by atomic mass is 9.94. The maximum Gasteiger partial charge on any atom is 0.0345 e. The molecule has 66 valence electrons. The second kappa shape index (κ2) is 4.24. The van der Waals surface area contributed by atoms with Crippen molar-refractivity contribution in [2.45, 2.75) is 33.1 Å². The fourth-order valence-electron chi connectivity index (χ4n) is 1.42. The summed E-state index contributed by atoms with van der Waals surface area (Å²) in [5.74, 6) is 0. The van der Waals surface area contributed by atoms with E-state index in [-0.39, 0.29) is 0 Å². The Kier molecular flexibility index (Phi) is 3.27. The minimum Gasteiger partial charge on any atom is -0.293 e. The summed E-state index contributed by atoms with van der Waals surface area (Å²) >= 11 is 0. The summed E-state index contributed by atoms with van der Waals surface area (Å²) in [4.78, 5) is 4.18. The van der Waals surface area contributed by atoms with Crippen molar-refractivity contribution in [2.75, 3.05) is 7.05 Å². The fraction of sp³-hybridized carbons (Fsp3) is 0.545. The minimum atomic E-state index is 1.17. The third-order valence-electron chi connectivity index (χ3n) is 2.49. The van der Waals surface area contributed by atoms with Gasteiger partial charge in [-0.15, -0.1) is 0 Å². The third kappa shape index (κ3) is 2.07. The highest BCUT2D eigenvalue weighted by Crippen LogP contribution is 2.21. The molecule has 12 heavy (non-hydrogen) atoms. The Balaban J connectivity index is 2.73. The quantitative estimate of drug-likeness (QED) is 0.554. The lowest BCUT2D eigenvalue weighted by Crippen LogP contribution is -2.01. The molecule has 0 aliphatic heterocycles. The van der Waals surface area contributed by atoms with Crippen LogP contribution in [-0.4, -0.2) is 12.8 Å². The Labute approximate surface area is 74.9 Å². The van der Waals surface area contributed by atoms with E-state index in [1.54, 1.807) is 5.57 Å². The van der Waals surface area contributed by atoms with Crippen LogP contribution in [-0.2, 0) is 0 Å². The molecule has 0 unspecified atom stereocenters. The Morgan fingerprint density at radius 1 is 1.42 bits per heavy atom. The predicted octanol–water partition coefficient (Wildman–Crippen LogP) is 3.13. The first-order chi connectivity index (χ1) is 5.77. The van der Waals surface area contributed by atoms with Gasteiger partial charge in [0.2, 0.25) is 0 Å². The molecule has 1 heteroatoms. The Morgan fingerprint density at radius 2 is 2.17 bits per heavy atom. The van der Waals surface area contributed by atoms with Gasteiger partial charge in [0.1, 0.15) is 0 Å². The van der Waals surface area contributed by atoms with Gasteiger partial charge in [0.25, 0.3) is 0 Å². The van der Waals surface area contributed by atoms with Crippen molar-refractivity contribution in [3.05, 3.63) is 23.3 Å². The predicted molar refractivity (Wildman–Crippen MR) is 54.7 cm³/mol. The molecule has 0 saturated carbocycles. The molecule has 1 nitrogen and oxygen atoms in total. The molecule has 0 amide bonds. The Morgan fingerprint density at radius 3 is 2.58 bits per heavy atom. The summed E-state index contributed by atoms with van der Waals surface area (Å²) in [5.41, 5.74) is 4.14.